The lowest BCUT2D eigenvalue weighted by atomic mass is 10.1. The van der Waals surface area contributed by atoms with Crippen molar-refractivity contribution in [2.24, 2.45) is 0 Å². The molecule has 0 aliphatic heterocycles. The smallest absolute Gasteiger partial charge is 0.243 e. The predicted molar refractivity (Wildman–Crippen MR) is 291 cm³/mol. The summed E-state index contributed by atoms with van der Waals surface area (Å²) in [6.07, 6.45) is 16.5. The Labute approximate surface area is 446 Å². The normalized spacial score (nSPS) is 9.95. The molecule has 0 aliphatic carbocycles. The fraction of sp³-hybridized carbons (Fsp3) is 0.429. The molecule has 4 rings (SSSR count). The van der Waals surface area contributed by atoms with E-state index in [9.17, 15) is 38.4 Å². The number of hydrogen-bond donors (Lipinski definition) is 12. The van der Waals surface area contributed by atoms with Gasteiger partial charge in [0.1, 0.15) is 0 Å². The summed E-state index contributed by atoms with van der Waals surface area (Å²) in [4.78, 5) is 89.3. The van der Waals surface area contributed by atoms with E-state index in [1.54, 1.807) is 21.9 Å². The van der Waals surface area contributed by atoms with E-state index in [2.05, 4.69) is 21.3 Å². The van der Waals surface area contributed by atoms with Crippen LogP contribution >= 0.6 is 0 Å². The van der Waals surface area contributed by atoms with Crippen LogP contribution in [0.25, 0.3) is 0 Å². The monoisotopic (exact) mass is 1060 g/mol. The fourth-order valence-corrected chi connectivity index (χ4v) is 6.90. The molecule has 0 aromatic heterocycles. The van der Waals surface area contributed by atoms with Crippen LogP contribution in [0.2, 0.25) is 0 Å². The highest BCUT2D eigenvalue weighted by Crippen LogP contribution is 2.13. The second kappa shape index (κ2) is 46.0. The minimum Gasteiger partial charge on any atom is -0.326 e. The molecule has 416 valence electrons. The van der Waals surface area contributed by atoms with Gasteiger partial charge in [0.2, 0.25) is 47.3 Å². The van der Waals surface area contributed by atoms with Crippen LogP contribution in [0.5, 0.6) is 0 Å². The molecule has 12 N–H and O–H groups in total. The molecule has 0 spiro atoms. The second-order valence-corrected chi connectivity index (χ2v) is 17.5. The summed E-state index contributed by atoms with van der Waals surface area (Å²) >= 11 is 0. The highest BCUT2D eigenvalue weighted by Gasteiger charge is 2.07. The highest BCUT2D eigenvalue weighted by molar-refractivity contribution is 5.92. The summed E-state index contributed by atoms with van der Waals surface area (Å²) in [7, 11) is 0. The average molecular weight is 1060 g/mol. The number of hydroxylamine groups is 4. The lowest BCUT2D eigenvalue weighted by molar-refractivity contribution is -0.130. The van der Waals surface area contributed by atoms with Crippen molar-refractivity contribution in [2.75, 3.05) is 21.3 Å². The molecular weight excluding hydrogens is 977 g/mol. The van der Waals surface area contributed by atoms with Crippen LogP contribution in [0.1, 0.15) is 154 Å². The van der Waals surface area contributed by atoms with Crippen molar-refractivity contribution >= 4 is 70.0 Å². The van der Waals surface area contributed by atoms with Crippen LogP contribution in [0, 0.1) is 0 Å². The largest absolute Gasteiger partial charge is 0.326 e. The summed E-state index contributed by atoms with van der Waals surface area (Å²) in [5.74, 6) is -1.38. The van der Waals surface area contributed by atoms with Crippen LogP contribution in [0.15, 0.2) is 121 Å². The first-order chi connectivity index (χ1) is 36.9. The van der Waals surface area contributed by atoms with Gasteiger partial charge >= 0.3 is 0 Å². The number of rotatable bonds is 32. The molecule has 0 saturated carbocycles. The van der Waals surface area contributed by atoms with Crippen molar-refractivity contribution in [3.05, 3.63) is 121 Å². The van der Waals surface area contributed by atoms with E-state index in [1.165, 1.54) is 0 Å². The number of para-hydroxylation sites is 4. The maximum Gasteiger partial charge on any atom is 0.243 e. The van der Waals surface area contributed by atoms with Crippen LogP contribution in [0.3, 0.4) is 0 Å². The summed E-state index contributed by atoms with van der Waals surface area (Å²) in [6, 6.07) is 37.4. The zero-order valence-corrected chi connectivity index (χ0v) is 43.6. The van der Waals surface area contributed by atoms with Gasteiger partial charge in [0, 0.05) is 74.1 Å². The Morgan fingerprint density at radius 1 is 0.224 bits per heavy atom. The first-order valence-electron chi connectivity index (χ1n) is 26.0. The fourth-order valence-electron chi connectivity index (χ4n) is 6.90. The zero-order valence-electron chi connectivity index (χ0n) is 43.6. The second-order valence-electron chi connectivity index (χ2n) is 17.5. The Morgan fingerprint density at radius 2 is 0.368 bits per heavy atom. The van der Waals surface area contributed by atoms with Gasteiger partial charge in [-0.3, -0.25) is 59.2 Å². The van der Waals surface area contributed by atoms with E-state index in [0.29, 0.717) is 51.4 Å². The Morgan fingerprint density at radius 3 is 0.513 bits per heavy atom. The minimum atomic E-state index is -0.359. The van der Waals surface area contributed by atoms with Gasteiger partial charge in [-0.05, 0) is 99.9 Å². The minimum absolute atomic E-state index is 0.0132. The summed E-state index contributed by atoms with van der Waals surface area (Å²) in [5.41, 5.74) is 9.64. The highest BCUT2D eigenvalue weighted by atomic mass is 16.5. The Hall–Kier alpha value is -7.52. The van der Waals surface area contributed by atoms with Gasteiger partial charge in [-0.1, -0.05) is 124 Å². The molecule has 76 heavy (non-hydrogen) atoms. The number of amides is 8. The lowest BCUT2D eigenvalue weighted by Crippen LogP contribution is -2.17. The van der Waals surface area contributed by atoms with E-state index >= 15 is 0 Å². The lowest BCUT2D eigenvalue weighted by Gasteiger charge is -2.04. The molecule has 0 saturated heterocycles. The molecule has 4 aromatic rings. The number of anilines is 4. The van der Waals surface area contributed by atoms with Crippen molar-refractivity contribution in [2.45, 2.75) is 154 Å². The molecule has 0 unspecified atom stereocenters. The average Bonchev–Trinajstić information content (AvgIpc) is 3.43. The van der Waals surface area contributed by atoms with Crippen molar-refractivity contribution in [1.82, 2.24) is 21.9 Å². The van der Waals surface area contributed by atoms with Crippen molar-refractivity contribution in [3.8, 4) is 0 Å². The van der Waals surface area contributed by atoms with Gasteiger partial charge in [0.25, 0.3) is 0 Å². The molecule has 20 nitrogen and oxygen atoms in total. The topological polar surface area (TPSA) is 314 Å². The van der Waals surface area contributed by atoms with E-state index in [0.717, 1.165) is 125 Å². The third-order valence-electron chi connectivity index (χ3n) is 11.0. The molecule has 0 bridgehead atoms. The first kappa shape index (κ1) is 66.5. The van der Waals surface area contributed by atoms with Crippen molar-refractivity contribution in [3.63, 3.8) is 0 Å². The molecule has 4 aromatic carbocycles. The SMILES string of the molecule is O=C(CCCCCCC(=O)Nc1ccccc1)NO.O=C(CCCCCCC(=O)Nc1ccccc1)NO.O=C(CCCCCCC(=O)Nc1ccccc1)NO.O=C(CCCCCCC(=O)Nc1ccccc1)NO. The maximum absolute atomic E-state index is 11.6. The first-order valence-corrected chi connectivity index (χ1v) is 26.0. The van der Waals surface area contributed by atoms with Gasteiger partial charge in [-0.15, -0.1) is 0 Å². The number of hydrogen-bond acceptors (Lipinski definition) is 12. The molecule has 0 fully saturated rings. The van der Waals surface area contributed by atoms with Crippen molar-refractivity contribution < 1.29 is 59.2 Å². The maximum atomic E-state index is 11.6. The molecule has 8 amide bonds. The molecule has 20 heteroatoms. The van der Waals surface area contributed by atoms with Gasteiger partial charge < -0.3 is 21.3 Å². The molecule has 0 atom stereocenters. The van der Waals surface area contributed by atoms with Gasteiger partial charge in [0.05, 0.1) is 0 Å². The number of carbonyl (C=O) groups excluding carboxylic acids is 8. The van der Waals surface area contributed by atoms with Crippen LogP contribution in [0.4, 0.5) is 22.7 Å². The van der Waals surface area contributed by atoms with E-state index < -0.39 is 0 Å². The number of benzene rings is 4. The van der Waals surface area contributed by atoms with E-state index in [-0.39, 0.29) is 47.3 Å². The zero-order chi connectivity index (χ0) is 55.7. The third kappa shape index (κ3) is 39.9. The Balaban J connectivity index is 0.000000507. The number of carbonyl (C=O) groups is 8. The Bertz CT molecular complexity index is 1880. The van der Waals surface area contributed by atoms with Crippen LogP contribution in [-0.2, 0) is 38.4 Å². The van der Waals surface area contributed by atoms with Crippen molar-refractivity contribution in [1.29, 1.82) is 0 Å². The summed E-state index contributed by atoms with van der Waals surface area (Å²) in [6.45, 7) is 0. The summed E-state index contributed by atoms with van der Waals surface area (Å²) < 4.78 is 0. The van der Waals surface area contributed by atoms with Crippen LogP contribution < -0.4 is 43.2 Å². The molecular formula is C56H80N8O12. The molecule has 0 heterocycles. The van der Waals surface area contributed by atoms with E-state index in [4.69, 9.17) is 20.8 Å². The standard InChI is InChI=1S/4C14H20N2O3/c4*17-13(15-12-8-4-3-5-9-12)10-6-1-2-7-11-14(18)16-19/h4*3-5,8-9,19H,1-2,6-7,10-11H2,(H,15,17)(H,16,18). The Kier molecular flexibility index (Phi) is 40.3. The predicted octanol–water partition coefficient (Wildman–Crippen LogP) is 9.88. The van der Waals surface area contributed by atoms with Gasteiger partial charge in [-0.25, -0.2) is 21.9 Å². The van der Waals surface area contributed by atoms with Gasteiger partial charge in [0.15, 0.2) is 0 Å². The quantitative estimate of drug-likeness (QED) is 0.0124. The molecule has 0 aliphatic rings. The summed E-state index contributed by atoms with van der Waals surface area (Å²) in [5, 5.41) is 44.5. The van der Waals surface area contributed by atoms with E-state index in [1.807, 2.05) is 121 Å². The number of unbranched alkanes of at least 4 members (excludes halogenated alkanes) is 12. The molecule has 0 radical (unpaired) electrons. The van der Waals surface area contributed by atoms with Crippen LogP contribution in [-0.4, -0.2) is 68.1 Å². The number of nitrogens with one attached hydrogen (secondary N) is 8. The van der Waals surface area contributed by atoms with Gasteiger partial charge in [-0.2, -0.15) is 0 Å². The third-order valence-corrected chi connectivity index (χ3v) is 11.0.